The van der Waals surface area contributed by atoms with Gasteiger partial charge in [0.05, 0.1) is 16.1 Å². The van der Waals surface area contributed by atoms with Crippen molar-refractivity contribution in [3.8, 4) is 0 Å². The molecule has 22 heavy (non-hydrogen) atoms. The molecule has 0 amide bonds. The zero-order chi connectivity index (χ0) is 15.7. The molecule has 0 spiro atoms. The van der Waals surface area contributed by atoms with Gasteiger partial charge in [0.1, 0.15) is 0 Å². The Morgan fingerprint density at radius 1 is 1.18 bits per heavy atom. The van der Waals surface area contributed by atoms with Gasteiger partial charge < -0.3 is 4.42 Å². The molecule has 6 nitrogen and oxygen atoms in total. The maximum Gasteiger partial charge on any atom is 0.417 e. The van der Waals surface area contributed by atoms with Crippen molar-refractivity contribution in [2.24, 2.45) is 0 Å². The lowest BCUT2D eigenvalue weighted by molar-refractivity contribution is 0.554. The van der Waals surface area contributed by atoms with E-state index in [2.05, 4.69) is 9.71 Å². The van der Waals surface area contributed by atoms with Crippen molar-refractivity contribution >= 4 is 38.6 Å². The molecule has 1 heterocycles. The summed E-state index contributed by atoms with van der Waals surface area (Å²) < 4.78 is 32.4. The zero-order valence-electron chi connectivity index (χ0n) is 11.5. The number of hydrogen-bond donors (Lipinski definition) is 2. The highest BCUT2D eigenvalue weighted by atomic mass is 32.2. The number of aromatic amines is 1. The number of para-hydroxylation sites is 1. The maximum absolute atomic E-state index is 12.5. The third kappa shape index (κ3) is 2.75. The number of nitrogens with one attached hydrogen (secondary N) is 2. The summed E-state index contributed by atoms with van der Waals surface area (Å²) in [4.78, 5) is 14.4. The van der Waals surface area contributed by atoms with Gasteiger partial charge >= 0.3 is 5.76 Å². The molecule has 0 radical (unpaired) electrons. The number of H-pyrrole nitrogens is 1. The van der Waals surface area contributed by atoms with Crippen molar-refractivity contribution in [3.63, 3.8) is 0 Å². The number of sulfonamides is 1. The second kappa shape index (κ2) is 5.54. The summed E-state index contributed by atoms with van der Waals surface area (Å²) in [5, 5.41) is 0. The van der Waals surface area contributed by atoms with Crippen LogP contribution in [-0.2, 0) is 10.0 Å². The molecule has 8 heteroatoms. The van der Waals surface area contributed by atoms with Crippen LogP contribution in [0.5, 0.6) is 0 Å². The van der Waals surface area contributed by atoms with Crippen LogP contribution in [0.15, 0.2) is 61.5 Å². The van der Waals surface area contributed by atoms with Crippen molar-refractivity contribution in [2.75, 3.05) is 11.0 Å². The summed E-state index contributed by atoms with van der Waals surface area (Å²) in [5.41, 5.74) is 1.16. The molecular formula is C14H12N2O4S2. The van der Waals surface area contributed by atoms with Crippen LogP contribution in [0.1, 0.15) is 0 Å². The van der Waals surface area contributed by atoms with Crippen LogP contribution in [-0.4, -0.2) is 19.7 Å². The fourth-order valence-electron chi connectivity index (χ4n) is 2.03. The molecular weight excluding hydrogens is 324 g/mol. The number of oxazole rings is 1. The Morgan fingerprint density at radius 2 is 1.95 bits per heavy atom. The van der Waals surface area contributed by atoms with Gasteiger partial charge in [0, 0.05) is 11.0 Å². The SMILES string of the molecule is CSc1ccccc1NS(=O)(=O)c1ccc2[nH]c(=O)oc2c1. The summed E-state index contributed by atoms with van der Waals surface area (Å²) in [5.74, 6) is -0.620. The quantitative estimate of drug-likeness (QED) is 0.715. The monoisotopic (exact) mass is 336 g/mol. The minimum Gasteiger partial charge on any atom is -0.408 e. The Morgan fingerprint density at radius 3 is 2.73 bits per heavy atom. The summed E-state index contributed by atoms with van der Waals surface area (Å²) in [6, 6.07) is 11.3. The standard InChI is InChI=1S/C14H12N2O4S2/c1-21-13-5-3-2-4-11(13)16-22(18,19)9-6-7-10-12(8-9)20-14(17)15-10/h2-8,16H,1H3,(H,15,17). The van der Waals surface area contributed by atoms with E-state index in [0.29, 0.717) is 11.2 Å². The van der Waals surface area contributed by atoms with Crippen molar-refractivity contribution in [1.29, 1.82) is 0 Å². The second-order valence-corrected chi connectivity index (χ2v) is 7.01. The molecule has 2 N–H and O–H groups in total. The van der Waals surface area contributed by atoms with Crippen LogP contribution >= 0.6 is 11.8 Å². The first-order chi connectivity index (χ1) is 10.5. The molecule has 0 saturated carbocycles. The summed E-state index contributed by atoms with van der Waals surface area (Å²) in [7, 11) is -3.77. The number of anilines is 1. The number of benzene rings is 2. The van der Waals surface area contributed by atoms with Crippen molar-refractivity contribution < 1.29 is 12.8 Å². The number of fused-ring (bicyclic) bond motifs is 1. The Balaban J connectivity index is 2.02. The second-order valence-electron chi connectivity index (χ2n) is 4.48. The van der Waals surface area contributed by atoms with E-state index in [1.165, 1.54) is 30.0 Å². The Bertz CT molecular complexity index is 989. The van der Waals surface area contributed by atoms with Crippen molar-refractivity contribution in [3.05, 3.63) is 53.0 Å². The molecule has 1 aromatic heterocycles. The lowest BCUT2D eigenvalue weighted by atomic mass is 10.3. The predicted octanol–water partition coefficient (Wildman–Crippen LogP) is 2.64. The molecule has 3 rings (SSSR count). The van der Waals surface area contributed by atoms with Gasteiger partial charge in [-0.25, -0.2) is 13.2 Å². The lowest BCUT2D eigenvalue weighted by Crippen LogP contribution is -2.13. The topological polar surface area (TPSA) is 92.2 Å². The van der Waals surface area contributed by atoms with Gasteiger partial charge in [0.25, 0.3) is 10.0 Å². The number of aromatic nitrogens is 1. The van der Waals surface area contributed by atoms with Gasteiger partial charge in [0.15, 0.2) is 5.58 Å². The van der Waals surface area contributed by atoms with Crippen molar-refractivity contribution in [2.45, 2.75) is 9.79 Å². The van der Waals surface area contributed by atoms with Gasteiger partial charge in [-0.1, -0.05) is 12.1 Å². The molecule has 0 fully saturated rings. The molecule has 0 saturated heterocycles. The molecule has 0 bridgehead atoms. The summed E-state index contributed by atoms with van der Waals surface area (Å²) in [6.07, 6.45) is 1.87. The van der Waals surface area contributed by atoms with E-state index < -0.39 is 15.8 Å². The van der Waals surface area contributed by atoms with E-state index >= 15 is 0 Å². The van der Waals surface area contributed by atoms with E-state index in [1.54, 1.807) is 12.1 Å². The molecule has 0 atom stereocenters. The first-order valence-electron chi connectivity index (χ1n) is 6.28. The Hall–Kier alpha value is -2.19. The van der Waals surface area contributed by atoms with Gasteiger partial charge in [0.2, 0.25) is 0 Å². The Kier molecular flexibility index (Phi) is 3.71. The van der Waals surface area contributed by atoms with Gasteiger partial charge in [-0.15, -0.1) is 11.8 Å². The normalized spacial score (nSPS) is 11.7. The average molecular weight is 336 g/mol. The average Bonchev–Trinajstić information content (AvgIpc) is 2.86. The van der Waals surface area contributed by atoms with Crippen molar-refractivity contribution in [1.82, 2.24) is 4.98 Å². The van der Waals surface area contributed by atoms with Crippen LogP contribution < -0.4 is 10.5 Å². The molecule has 0 aliphatic carbocycles. The first-order valence-corrected chi connectivity index (χ1v) is 8.99. The molecule has 0 unspecified atom stereocenters. The van der Waals surface area contributed by atoms with E-state index in [0.717, 1.165) is 4.90 Å². The lowest BCUT2D eigenvalue weighted by Gasteiger charge is -2.11. The fraction of sp³-hybridized carbons (Fsp3) is 0.0714. The molecule has 3 aromatic rings. The highest BCUT2D eigenvalue weighted by Gasteiger charge is 2.17. The third-order valence-corrected chi connectivity index (χ3v) is 5.21. The van der Waals surface area contributed by atoms with E-state index in [1.807, 2.05) is 18.4 Å². The number of rotatable bonds is 4. The molecule has 0 aliphatic rings. The van der Waals surface area contributed by atoms with Gasteiger partial charge in [-0.3, -0.25) is 9.71 Å². The summed E-state index contributed by atoms with van der Waals surface area (Å²) in [6.45, 7) is 0. The third-order valence-electron chi connectivity index (χ3n) is 3.05. The fourth-order valence-corrected chi connectivity index (χ4v) is 3.74. The summed E-state index contributed by atoms with van der Waals surface area (Å²) >= 11 is 1.45. The molecule has 0 aliphatic heterocycles. The van der Waals surface area contributed by atoms with Gasteiger partial charge in [-0.2, -0.15) is 0 Å². The zero-order valence-corrected chi connectivity index (χ0v) is 13.1. The smallest absolute Gasteiger partial charge is 0.408 e. The van der Waals surface area contributed by atoms with Gasteiger partial charge in [-0.05, 0) is 30.5 Å². The molecule has 2 aromatic carbocycles. The highest BCUT2D eigenvalue weighted by Crippen LogP contribution is 2.27. The van der Waals surface area contributed by atoms with Crippen LogP contribution in [0.3, 0.4) is 0 Å². The van der Waals surface area contributed by atoms with Crippen LogP contribution in [0.2, 0.25) is 0 Å². The van der Waals surface area contributed by atoms with E-state index in [4.69, 9.17) is 4.42 Å². The Labute approximate surface area is 130 Å². The van der Waals surface area contributed by atoms with Crippen LogP contribution in [0.4, 0.5) is 5.69 Å². The highest BCUT2D eigenvalue weighted by molar-refractivity contribution is 7.99. The molecule has 114 valence electrons. The minimum atomic E-state index is -3.77. The van der Waals surface area contributed by atoms with Crippen LogP contribution in [0.25, 0.3) is 11.1 Å². The minimum absolute atomic E-state index is 0.0265. The largest absolute Gasteiger partial charge is 0.417 e. The first kappa shape index (κ1) is 14.7. The van der Waals surface area contributed by atoms with E-state index in [-0.39, 0.29) is 10.5 Å². The number of hydrogen-bond acceptors (Lipinski definition) is 5. The van der Waals surface area contributed by atoms with E-state index in [9.17, 15) is 13.2 Å². The van der Waals surface area contributed by atoms with Crippen LogP contribution in [0, 0.1) is 0 Å². The maximum atomic E-state index is 12.5. The number of thioether (sulfide) groups is 1. The predicted molar refractivity (Wildman–Crippen MR) is 85.9 cm³/mol.